The maximum absolute atomic E-state index is 12.1. The molecule has 3 N–H and O–H groups in total. The molecule has 2 rings (SSSR count). The van der Waals surface area contributed by atoms with Gasteiger partial charge in [-0.1, -0.05) is 29.3 Å². The summed E-state index contributed by atoms with van der Waals surface area (Å²) in [6, 6.07) is 10.2. The average molecular weight is 295 g/mol. The van der Waals surface area contributed by atoms with Crippen LogP contribution in [0.15, 0.2) is 36.4 Å². The second-order valence-electron chi connectivity index (χ2n) is 4.13. The highest BCUT2D eigenvalue weighted by Crippen LogP contribution is 2.26. The fraction of sp³-hybridized carbons (Fsp3) is 0.0714. The van der Waals surface area contributed by atoms with Crippen LogP contribution in [0.4, 0.5) is 11.4 Å². The van der Waals surface area contributed by atoms with Crippen molar-refractivity contribution in [3.05, 3.63) is 57.6 Å². The van der Waals surface area contributed by atoms with Crippen molar-refractivity contribution in [1.82, 2.24) is 0 Å². The number of hydrogen-bond acceptors (Lipinski definition) is 2. The molecule has 3 nitrogen and oxygen atoms in total. The average Bonchev–Trinajstić information content (AvgIpc) is 2.37. The maximum Gasteiger partial charge on any atom is 0.257 e. The first kappa shape index (κ1) is 13.7. The molecular weight excluding hydrogens is 283 g/mol. The van der Waals surface area contributed by atoms with Crippen LogP contribution in [-0.2, 0) is 0 Å². The van der Waals surface area contributed by atoms with Gasteiger partial charge in [0, 0.05) is 11.4 Å². The van der Waals surface area contributed by atoms with Crippen LogP contribution in [0.5, 0.6) is 0 Å². The Balaban J connectivity index is 2.26. The van der Waals surface area contributed by atoms with Crippen LogP contribution in [-0.4, -0.2) is 5.91 Å². The Hall–Kier alpha value is -1.71. The normalized spacial score (nSPS) is 10.3. The number of nitrogens with one attached hydrogen (secondary N) is 1. The van der Waals surface area contributed by atoms with E-state index in [1.807, 2.05) is 6.92 Å². The summed E-state index contributed by atoms with van der Waals surface area (Å²) in [6.45, 7) is 1.87. The van der Waals surface area contributed by atoms with Crippen molar-refractivity contribution in [2.24, 2.45) is 0 Å². The van der Waals surface area contributed by atoms with E-state index in [1.165, 1.54) is 0 Å². The Kier molecular flexibility index (Phi) is 3.98. The summed E-state index contributed by atoms with van der Waals surface area (Å²) in [6.07, 6.45) is 0. The van der Waals surface area contributed by atoms with E-state index in [-0.39, 0.29) is 10.9 Å². The standard InChI is InChI=1S/C14H12Cl2N2O/c1-8-7-9(5-6-12(8)17)18-14(19)10-3-2-4-11(15)13(10)16/h2-7H,17H2,1H3,(H,18,19). The molecule has 0 aliphatic heterocycles. The Bertz CT molecular complexity index is 641. The molecule has 98 valence electrons. The molecule has 2 aromatic carbocycles. The number of aryl methyl sites for hydroxylation is 1. The topological polar surface area (TPSA) is 55.1 Å². The molecule has 2 aromatic rings. The molecule has 0 saturated heterocycles. The second-order valence-corrected chi connectivity index (χ2v) is 4.91. The smallest absolute Gasteiger partial charge is 0.257 e. The van der Waals surface area contributed by atoms with Crippen LogP contribution in [0, 0.1) is 6.92 Å². The number of amides is 1. The van der Waals surface area contributed by atoms with Crippen LogP contribution in [0.3, 0.4) is 0 Å². The third-order valence-corrected chi connectivity index (χ3v) is 3.54. The molecule has 0 aliphatic carbocycles. The van der Waals surface area contributed by atoms with Crippen LogP contribution in [0.25, 0.3) is 0 Å². The van der Waals surface area contributed by atoms with Gasteiger partial charge in [-0.2, -0.15) is 0 Å². The molecular formula is C14H12Cl2N2O. The number of carbonyl (C=O) groups is 1. The van der Waals surface area contributed by atoms with E-state index in [2.05, 4.69) is 5.32 Å². The Morgan fingerprint density at radius 1 is 1.21 bits per heavy atom. The Morgan fingerprint density at radius 3 is 2.63 bits per heavy atom. The highest BCUT2D eigenvalue weighted by Gasteiger charge is 2.12. The number of benzene rings is 2. The van der Waals surface area contributed by atoms with Crippen LogP contribution in [0.1, 0.15) is 15.9 Å². The summed E-state index contributed by atoms with van der Waals surface area (Å²) in [4.78, 5) is 12.1. The van der Waals surface area contributed by atoms with Gasteiger partial charge in [-0.15, -0.1) is 0 Å². The lowest BCUT2D eigenvalue weighted by molar-refractivity contribution is 0.102. The van der Waals surface area contributed by atoms with Gasteiger partial charge in [0.1, 0.15) is 0 Å². The van der Waals surface area contributed by atoms with Crippen LogP contribution >= 0.6 is 23.2 Å². The van der Waals surface area contributed by atoms with Crippen LogP contribution < -0.4 is 11.1 Å². The van der Waals surface area contributed by atoms with Gasteiger partial charge < -0.3 is 11.1 Å². The van der Waals surface area contributed by atoms with E-state index in [4.69, 9.17) is 28.9 Å². The SMILES string of the molecule is Cc1cc(NC(=O)c2cccc(Cl)c2Cl)ccc1N. The van der Waals surface area contributed by atoms with Gasteiger partial charge in [0.05, 0.1) is 15.6 Å². The third-order valence-electron chi connectivity index (χ3n) is 2.72. The van der Waals surface area contributed by atoms with Crippen molar-refractivity contribution in [1.29, 1.82) is 0 Å². The lowest BCUT2D eigenvalue weighted by atomic mass is 10.1. The minimum atomic E-state index is -0.309. The van der Waals surface area contributed by atoms with E-state index in [0.29, 0.717) is 22.0 Å². The number of anilines is 2. The number of nitrogens with two attached hydrogens (primary N) is 1. The molecule has 5 heteroatoms. The zero-order valence-electron chi connectivity index (χ0n) is 10.2. The van der Waals surface area contributed by atoms with Crippen LogP contribution in [0.2, 0.25) is 10.0 Å². The van der Waals surface area contributed by atoms with Crippen molar-refractivity contribution in [3.63, 3.8) is 0 Å². The molecule has 0 bridgehead atoms. The zero-order chi connectivity index (χ0) is 14.0. The molecule has 0 aromatic heterocycles. The maximum atomic E-state index is 12.1. The molecule has 0 spiro atoms. The molecule has 0 atom stereocenters. The quantitative estimate of drug-likeness (QED) is 0.818. The molecule has 1 amide bonds. The second kappa shape index (κ2) is 5.51. The number of carbonyl (C=O) groups excluding carboxylic acids is 1. The monoisotopic (exact) mass is 294 g/mol. The molecule has 0 radical (unpaired) electrons. The van der Waals surface area contributed by atoms with E-state index in [9.17, 15) is 4.79 Å². The Labute approximate surface area is 121 Å². The van der Waals surface area contributed by atoms with Gasteiger partial charge in [0.2, 0.25) is 0 Å². The van der Waals surface area contributed by atoms with Crippen molar-refractivity contribution in [2.75, 3.05) is 11.1 Å². The number of halogens is 2. The van der Waals surface area contributed by atoms with Gasteiger partial charge >= 0.3 is 0 Å². The summed E-state index contributed by atoms with van der Waals surface area (Å²) >= 11 is 11.9. The van der Waals surface area contributed by atoms with Gasteiger partial charge in [-0.25, -0.2) is 0 Å². The van der Waals surface area contributed by atoms with E-state index < -0.39 is 0 Å². The summed E-state index contributed by atoms with van der Waals surface area (Å²) < 4.78 is 0. The largest absolute Gasteiger partial charge is 0.399 e. The highest BCUT2D eigenvalue weighted by atomic mass is 35.5. The van der Waals surface area contributed by atoms with E-state index >= 15 is 0 Å². The first-order valence-electron chi connectivity index (χ1n) is 5.60. The first-order valence-corrected chi connectivity index (χ1v) is 6.36. The zero-order valence-corrected chi connectivity index (χ0v) is 11.7. The summed E-state index contributed by atoms with van der Waals surface area (Å²) in [5, 5.41) is 3.35. The number of hydrogen-bond donors (Lipinski definition) is 2. The minimum Gasteiger partial charge on any atom is -0.399 e. The summed E-state index contributed by atoms with van der Waals surface area (Å²) in [5.74, 6) is -0.309. The predicted molar refractivity (Wildman–Crippen MR) is 80.0 cm³/mol. The van der Waals surface area contributed by atoms with E-state index in [1.54, 1.807) is 36.4 Å². The number of nitrogen functional groups attached to an aromatic ring is 1. The molecule has 0 unspecified atom stereocenters. The lowest BCUT2D eigenvalue weighted by Gasteiger charge is -2.09. The molecule has 19 heavy (non-hydrogen) atoms. The third kappa shape index (κ3) is 3.00. The van der Waals surface area contributed by atoms with Crippen molar-refractivity contribution < 1.29 is 4.79 Å². The summed E-state index contributed by atoms with van der Waals surface area (Å²) in [5.41, 5.74) is 8.30. The molecule has 0 saturated carbocycles. The molecule has 0 fully saturated rings. The fourth-order valence-electron chi connectivity index (χ4n) is 1.63. The Morgan fingerprint density at radius 2 is 1.95 bits per heavy atom. The van der Waals surface area contributed by atoms with Gasteiger partial charge in [0.25, 0.3) is 5.91 Å². The molecule has 0 heterocycles. The van der Waals surface area contributed by atoms with Crippen molar-refractivity contribution in [3.8, 4) is 0 Å². The lowest BCUT2D eigenvalue weighted by Crippen LogP contribution is -2.12. The van der Waals surface area contributed by atoms with Gasteiger partial charge in [0.15, 0.2) is 0 Å². The fourth-order valence-corrected chi connectivity index (χ4v) is 2.02. The van der Waals surface area contributed by atoms with Gasteiger partial charge in [-0.3, -0.25) is 4.79 Å². The van der Waals surface area contributed by atoms with Gasteiger partial charge in [-0.05, 0) is 42.8 Å². The predicted octanol–water partition coefficient (Wildman–Crippen LogP) is 4.14. The van der Waals surface area contributed by atoms with E-state index in [0.717, 1.165) is 5.56 Å². The number of rotatable bonds is 2. The minimum absolute atomic E-state index is 0.244. The van der Waals surface area contributed by atoms with Crippen molar-refractivity contribution in [2.45, 2.75) is 6.92 Å². The van der Waals surface area contributed by atoms with Crippen molar-refractivity contribution >= 4 is 40.5 Å². The molecule has 0 aliphatic rings. The summed E-state index contributed by atoms with van der Waals surface area (Å²) in [7, 11) is 0. The highest BCUT2D eigenvalue weighted by molar-refractivity contribution is 6.44. The first-order chi connectivity index (χ1) is 8.99.